The fourth-order valence-corrected chi connectivity index (χ4v) is 0.652. The van der Waals surface area contributed by atoms with Gasteiger partial charge in [-0.3, -0.25) is 0 Å². The number of aliphatic carboxylic acids is 1. The fourth-order valence-electron chi connectivity index (χ4n) is 0.652. The van der Waals surface area contributed by atoms with Crippen LogP contribution < -0.4 is 5.32 Å². The summed E-state index contributed by atoms with van der Waals surface area (Å²) in [5.41, 5.74) is 0. The molecule has 3 N–H and O–H groups in total. The first-order valence-corrected chi connectivity index (χ1v) is 3.94. The molecule has 1 heterocycles. The van der Waals surface area contributed by atoms with Crippen LogP contribution in [0.2, 0.25) is 0 Å². The molecule has 0 saturated carbocycles. The minimum absolute atomic E-state index is 0.110. The number of halogens is 3. The van der Waals surface area contributed by atoms with E-state index in [2.05, 4.69) is 5.32 Å². The van der Waals surface area contributed by atoms with Gasteiger partial charge in [0.05, 0.1) is 6.10 Å². The van der Waals surface area contributed by atoms with Gasteiger partial charge in [-0.05, 0) is 6.92 Å². The van der Waals surface area contributed by atoms with E-state index in [4.69, 9.17) is 15.0 Å². The van der Waals surface area contributed by atoms with Gasteiger partial charge in [0.2, 0.25) is 0 Å². The molecule has 0 spiro atoms. The van der Waals surface area contributed by atoms with Gasteiger partial charge in [0.1, 0.15) is 0 Å². The third-order valence-electron chi connectivity index (χ3n) is 1.74. The summed E-state index contributed by atoms with van der Waals surface area (Å²) in [6, 6.07) is 0. The molecule has 1 atom stereocenters. The lowest BCUT2D eigenvalue weighted by Crippen LogP contribution is -2.47. The van der Waals surface area contributed by atoms with Gasteiger partial charge in [-0.1, -0.05) is 0 Å². The van der Waals surface area contributed by atoms with Gasteiger partial charge in [-0.15, -0.1) is 0 Å². The zero-order valence-electron chi connectivity index (χ0n) is 7.51. The van der Waals surface area contributed by atoms with Crippen molar-refractivity contribution in [3.63, 3.8) is 0 Å². The Labute approximate surface area is 78.7 Å². The smallest absolute Gasteiger partial charge is 0.475 e. The highest BCUT2D eigenvalue weighted by Gasteiger charge is 2.38. The van der Waals surface area contributed by atoms with E-state index in [0.29, 0.717) is 5.92 Å². The largest absolute Gasteiger partial charge is 0.490 e. The molecule has 1 fully saturated rings. The van der Waals surface area contributed by atoms with E-state index in [-0.39, 0.29) is 6.10 Å². The van der Waals surface area contributed by atoms with E-state index in [0.717, 1.165) is 13.1 Å². The van der Waals surface area contributed by atoms with Crippen molar-refractivity contribution in [1.29, 1.82) is 0 Å². The number of carboxylic acid groups (broad SMARTS) is 1. The van der Waals surface area contributed by atoms with Crippen LogP contribution in [0, 0.1) is 5.92 Å². The van der Waals surface area contributed by atoms with Crippen molar-refractivity contribution in [3.8, 4) is 0 Å². The quantitative estimate of drug-likeness (QED) is 0.585. The molecule has 14 heavy (non-hydrogen) atoms. The van der Waals surface area contributed by atoms with Crippen molar-refractivity contribution >= 4 is 5.97 Å². The molecule has 1 aliphatic rings. The Hall–Kier alpha value is -0.820. The van der Waals surface area contributed by atoms with E-state index >= 15 is 0 Å². The highest BCUT2D eigenvalue weighted by atomic mass is 19.4. The molecule has 7 heteroatoms. The third kappa shape index (κ3) is 5.03. The summed E-state index contributed by atoms with van der Waals surface area (Å²) in [4.78, 5) is 8.90. The Balaban J connectivity index is 0.000000241. The number of nitrogens with one attached hydrogen (secondary N) is 1. The van der Waals surface area contributed by atoms with Gasteiger partial charge >= 0.3 is 12.1 Å². The maximum atomic E-state index is 10.6. The Morgan fingerprint density at radius 2 is 1.86 bits per heavy atom. The standard InChI is InChI=1S/C5H11NO.C2HF3O2/c1-4(7)5-2-6-3-5;3-2(4,5)1(6)7/h4-7H,2-3H2,1H3;(H,6,7)/t4-;/m1./s1. The number of aliphatic hydroxyl groups is 1. The molecule has 0 aliphatic carbocycles. The van der Waals surface area contributed by atoms with E-state index in [1.165, 1.54) is 0 Å². The van der Waals surface area contributed by atoms with Gasteiger partial charge in [0, 0.05) is 19.0 Å². The van der Waals surface area contributed by atoms with Crippen LogP contribution in [-0.4, -0.2) is 41.6 Å². The van der Waals surface area contributed by atoms with Crippen molar-refractivity contribution in [2.75, 3.05) is 13.1 Å². The minimum atomic E-state index is -5.08. The van der Waals surface area contributed by atoms with Crippen LogP contribution in [0.3, 0.4) is 0 Å². The Bertz CT molecular complexity index is 189. The van der Waals surface area contributed by atoms with E-state index in [1.54, 1.807) is 0 Å². The average Bonchev–Trinajstić information content (AvgIpc) is 1.79. The van der Waals surface area contributed by atoms with Crippen molar-refractivity contribution in [2.24, 2.45) is 5.92 Å². The van der Waals surface area contributed by atoms with Gasteiger partial charge < -0.3 is 15.5 Å². The van der Waals surface area contributed by atoms with Gasteiger partial charge in [-0.25, -0.2) is 4.79 Å². The van der Waals surface area contributed by atoms with Gasteiger partial charge in [-0.2, -0.15) is 13.2 Å². The highest BCUT2D eigenvalue weighted by molar-refractivity contribution is 5.73. The Kier molecular flexibility index (Phi) is 4.86. The molecule has 1 rings (SSSR count). The van der Waals surface area contributed by atoms with E-state index in [1.807, 2.05) is 6.92 Å². The van der Waals surface area contributed by atoms with E-state index < -0.39 is 12.1 Å². The summed E-state index contributed by atoms with van der Waals surface area (Å²) in [7, 11) is 0. The topological polar surface area (TPSA) is 69.6 Å². The summed E-state index contributed by atoms with van der Waals surface area (Å²) in [6.07, 6.45) is -5.19. The highest BCUT2D eigenvalue weighted by Crippen LogP contribution is 2.13. The molecule has 0 bridgehead atoms. The van der Waals surface area contributed by atoms with Gasteiger partial charge in [0.25, 0.3) is 0 Å². The number of alkyl halides is 3. The Morgan fingerprint density at radius 1 is 1.50 bits per heavy atom. The number of aliphatic hydroxyl groups excluding tert-OH is 1. The lowest BCUT2D eigenvalue weighted by Gasteiger charge is -2.29. The summed E-state index contributed by atoms with van der Waals surface area (Å²) in [5.74, 6) is -2.23. The number of rotatable bonds is 1. The summed E-state index contributed by atoms with van der Waals surface area (Å²) in [5, 5.41) is 19.0. The van der Waals surface area contributed by atoms with Crippen molar-refractivity contribution in [3.05, 3.63) is 0 Å². The van der Waals surface area contributed by atoms with Crippen LogP contribution in [0.5, 0.6) is 0 Å². The second-order valence-corrected chi connectivity index (χ2v) is 2.96. The first kappa shape index (κ1) is 13.2. The molecule has 0 aromatic carbocycles. The maximum absolute atomic E-state index is 10.6. The minimum Gasteiger partial charge on any atom is -0.475 e. The van der Waals surface area contributed by atoms with Crippen LogP contribution in [0.15, 0.2) is 0 Å². The van der Waals surface area contributed by atoms with Crippen molar-refractivity contribution < 1.29 is 28.2 Å². The molecule has 0 unspecified atom stereocenters. The molecular weight excluding hydrogens is 203 g/mol. The van der Waals surface area contributed by atoms with Crippen LogP contribution in [0.1, 0.15) is 6.92 Å². The maximum Gasteiger partial charge on any atom is 0.490 e. The molecule has 4 nitrogen and oxygen atoms in total. The summed E-state index contributed by atoms with van der Waals surface area (Å²) >= 11 is 0. The van der Waals surface area contributed by atoms with Crippen molar-refractivity contribution in [2.45, 2.75) is 19.2 Å². The summed E-state index contributed by atoms with van der Waals surface area (Å²) in [6.45, 7) is 3.83. The molecule has 1 saturated heterocycles. The second kappa shape index (κ2) is 5.16. The molecule has 0 amide bonds. The fraction of sp³-hybridized carbons (Fsp3) is 0.857. The zero-order chi connectivity index (χ0) is 11.4. The average molecular weight is 215 g/mol. The first-order chi connectivity index (χ1) is 6.25. The number of carboxylic acids is 1. The molecule has 84 valence electrons. The molecular formula is C7H12F3NO3. The number of carbonyl (C=O) groups is 1. The van der Waals surface area contributed by atoms with E-state index in [9.17, 15) is 13.2 Å². The number of hydrogen-bond donors (Lipinski definition) is 3. The Morgan fingerprint density at radius 3 is 1.86 bits per heavy atom. The van der Waals surface area contributed by atoms with Crippen molar-refractivity contribution in [1.82, 2.24) is 5.32 Å². The first-order valence-electron chi connectivity index (χ1n) is 3.94. The molecule has 0 aromatic heterocycles. The lowest BCUT2D eigenvalue weighted by atomic mass is 9.98. The molecule has 0 radical (unpaired) electrons. The predicted octanol–water partition coefficient (Wildman–Crippen LogP) is 0.220. The zero-order valence-corrected chi connectivity index (χ0v) is 7.51. The second-order valence-electron chi connectivity index (χ2n) is 2.96. The lowest BCUT2D eigenvalue weighted by molar-refractivity contribution is -0.192. The molecule has 1 aliphatic heterocycles. The third-order valence-corrected chi connectivity index (χ3v) is 1.74. The molecule has 0 aromatic rings. The monoisotopic (exact) mass is 215 g/mol. The van der Waals surface area contributed by atoms with Gasteiger partial charge in [0.15, 0.2) is 0 Å². The van der Waals surface area contributed by atoms with Crippen LogP contribution >= 0.6 is 0 Å². The summed E-state index contributed by atoms with van der Waals surface area (Å²) < 4.78 is 31.7. The normalized spacial score (nSPS) is 18.9. The predicted molar refractivity (Wildman–Crippen MR) is 41.7 cm³/mol. The van der Waals surface area contributed by atoms with Crippen LogP contribution in [-0.2, 0) is 4.79 Å². The SMILES string of the molecule is C[C@@H](O)C1CNC1.O=C(O)C(F)(F)F. The number of hydrogen-bond acceptors (Lipinski definition) is 3. The van der Waals surface area contributed by atoms with Crippen LogP contribution in [0.4, 0.5) is 13.2 Å². The van der Waals surface area contributed by atoms with Crippen LogP contribution in [0.25, 0.3) is 0 Å².